The maximum Gasteiger partial charge on any atom is 0.252 e. The number of anilines is 1. The molecule has 21 heavy (non-hydrogen) atoms. The Hall–Kier alpha value is -1.62. The molecule has 0 bridgehead atoms. The SMILES string of the molecule is CNCC1CCCN(c2nc3c(cc2C(N)=O)CCC3)C1. The average molecular weight is 288 g/mol. The number of rotatable bonds is 4. The van der Waals surface area contributed by atoms with Crippen LogP contribution in [0.25, 0.3) is 0 Å². The molecule has 3 N–H and O–H groups in total. The molecule has 1 saturated heterocycles. The van der Waals surface area contributed by atoms with Gasteiger partial charge in [-0.05, 0) is 63.2 Å². The number of nitrogens with one attached hydrogen (secondary N) is 1. The third kappa shape index (κ3) is 2.88. The number of carbonyl (C=O) groups is 1. The number of aryl methyl sites for hydroxylation is 2. The average Bonchev–Trinajstić information content (AvgIpc) is 2.94. The molecule has 2 heterocycles. The van der Waals surface area contributed by atoms with Gasteiger partial charge in [0.2, 0.25) is 0 Å². The zero-order valence-corrected chi connectivity index (χ0v) is 12.7. The Morgan fingerprint density at radius 3 is 3.10 bits per heavy atom. The highest BCUT2D eigenvalue weighted by atomic mass is 16.1. The first kappa shape index (κ1) is 14.3. The summed E-state index contributed by atoms with van der Waals surface area (Å²) in [6.07, 6.45) is 5.55. The van der Waals surface area contributed by atoms with Crippen LogP contribution in [-0.4, -0.2) is 37.6 Å². The Balaban J connectivity index is 1.91. The fraction of sp³-hybridized carbons (Fsp3) is 0.625. The largest absolute Gasteiger partial charge is 0.365 e. The third-order valence-corrected chi connectivity index (χ3v) is 4.61. The number of hydrogen-bond donors (Lipinski definition) is 2. The summed E-state index contributed by atoms with van der Waals surface area (Å²) in [5.74, 6) is 1.06. The van der Waals surface area contributed by atoms with E-state index in [2.05, 4.69) is 10.2 Å². The molecule has 1 aliphatic heterocycles. The number of carbonyl (C=O) groups excluding carboxylic acids is 1. The van der Waals surface area contributed by atoms with E-state index in [1.54, 1.807) is 0 Å². The number of piperidine rings is 1. The Kier molecular flexibility index (Phi) is 4.10. The van der Waals surface area contributed by atoms with Gasteiger partial charge >= 0.3 is 0 Å². The summed E-state index contributed by atoms with van der Waals surface area (Å²) < 4.78 is 0. The van der Waals surface area contributed by atoms with Crippen molar-refractivity contribution >= 4 is 11.7 Å². The van der Waals surface area contributed by atoms with E-state index in [-0.39, 0.29) is 5.91 Å². The second-order valence-corrected chi connectivity index (χ2v) is 6.20. The highest BCUT2D eigenvalue weighted by molar-refractivity contribution is 5.98. The number of primary amides is 1. The lowest BCUT2D eigenvalue weighted by Crippen LogP contribution is -2.40. The molecule has 1 amide bonds. The predicted molar refractivity (Wildman–Crippen MR) is 83.6 cm³/mol. The van der Waals surface area contributed by atoms with E-state index in [1.165, 1.54) is 12.0 Å². The molecule has 0 spiro atoms. The lowest BCUT2D eigenvalue weighted by atomic mass is 9.97. The summed E-state index contributed by atoms with van der Waals surface area (Å²) in [5.41, 5.74) is 8.55. The van der Waals surface area contributed by atoms with Gasteiger partial charge in [-0.25, -0.2) is 4.98 Å². The zero-order valence-electron chi connectivity index (χ0n) is 12.7. The maximum absolute atomic E-state index is 11.8. The molecule has 1 aromatic heterocycles. The van der Waals surface area contributed by atoms with Crippen molar-refractivity contribution in [2.45, 2.75) is 32.1 Å². The second-order valence-electron chi connectivity index (χ2n) is 6.20. The quantitative estimate of drug-likeness (QED) is 0.870. The van der Waals surface area contributed by atoms with Gasteiger partial charge in [-0.3, -0.25) is 4.79 Å². The van der Waals surface area contributed by atoms with Gasteiger partial charge in [0.25, 0.3) is 5.91 Å². The van der Waals surface area contributed by atoms with Gasteiger partial charge in [-0.1, -0.05) is 0 Å². The number of aromatic nitrogens is 1. The summed E-state index contributed by atoms with van der Waals surface area (Å²) in [6, 6.07) is 1.98. The van der Waals surface area contributed by atoms with Gasteiger partial charge in [-0.15, -0.1) is 0 Å². The first-order valence-corrected chi connectivity index (χ1v) is 7.91. The summed E-state index contributed by atoms with van der Waals surface area (Å²) in [6.45, 7) is 2.92. The van der Waals surface area contributed by atoms with Crippen LogP contribution in [0.5, 0.6) is 0 Å². The Morgan fingerprint density at radius 1 is 1.48 bits per heavy atom. The van der Waals surface area contributed by atoms with Crippen LogP contribution in [0.4, 0.5) is 5.82 Å². The van der Waals surface area contributed by atoms with E-state index < -0.39 is 0 Å². The van der Waals surface area contributed by atoms with Crippen LogP contribution in [0.15, 0.2) is 6.07 Å². The van der Waals surface area contributed by atoms with Gasteiger partial charge in [0.05, 0.1) is 5.56 Å². The predicted octanol–water partition coefficient (Wildman–Crippen LogP) is 1.10. The minimum Gasteiger partial charge on any atom is -0.365 e. The third-order valence-electron chi connectivity index (χ3n) is 4.61. The van der Waals surface area contributed by atoms with Gasteiger partial charge < -0.3 is 16.0 Å². The summed E-state index contributed by atoms with van der Waals surface area (Å²) in [5, 5.41) is 3.25. The van der Waals surface area contributed by atoms with Gasteiger partial charge in [-0.2, -0.15) is 0 Å². The smallest absolute Gasteiger partial charge is 0.252 e. The maximum atomic E-state index is 11.8. The number of pyridine rings is 1. The lowest BCUT2D eigenvalue weighted by Gasteiger charge is -2.34. The summed E-state index contributed by atoms with van der Waals surface area (Å²) >= 11 is 0. The molecule has 5 nitrogen and oxygen atoms in total. The van der Waals surface area contributed by atoms with Crippen molar-refractivity contribution in [2.24, 2.45) is 11.7 Å². The molecule has 5 heteroatoms. The van der Waals surface area contributed by atoms with Crippen molar-refractivity contribution in [3.63, 3.8) is 0 Å². The summed E-state index contributed by atoms with van der Waals surface area (Å²) in [7, 11) is 1.99. The zero-order chi connectivity index (χ0) is 14.8. The van der Waals surface area contributed by atoms with Crippen LogP contribution in [-0.2, 0) is 12.8 Å². The number of fused-ring (bicyclic) bond motifs is 1. The molecule has 0 radical (unpaired) electrons. The van der Waals surface area contributed by atoms with Crippen LogP contribution in [0.1, 0.15) is 40.9 Å². The molecule has 1 unspecified atom stereocenters. The van der Waals surface area contributed by atoms with E-state index in [4.69, 9.17) is 10.7 Å². The topological polar surface area (TPSA) is 71.2 Å². The Labute approximate surface area is 125 Å². The molecule has 1 fully saturated rings. The van der Waals surface area contributed by atoms with Crippen LogP contribution in [0.3, 0.4) is 0 Å². The fourth-order valence-corrected chi connectivity index (χ4v) is 3.60. The Bertz CT molecular complexity index is 541. The molecule has 1 atom stereocenters. The first-order valence-electron chi connectivity index (χ1n) is 7.91. The molecule has 0 aromatic carbocycles. The molecular formula is C16H24N4O. The molecule has 1 aromatic rings. The highest BCUT2D eigenvalue weighted by Crippen LogP contribution is 2.29. The van der Waals surface area contributed by atoms with Crippen molar-refractivity contribution in [1.82, 2.24) is 10.3 Å². The lowest BCUT2D eigenvalue weighted by molar-refractivity contribution is 0.1000. The van der Waals surface area contributed by atoms with Crippen LogP contribution >= 0.6 is 0 Å². The van der Waals surface area contributed by atoms with Crippen LogP contribution in [0.2, 0.25) is 0 Å². The molecule has 2 aliphatic rings. The van der Waals surface area contributed by atoms with E-state index in [1.807, 2.05) is 13.1 Å². The molecule has 3 rings (SSSR count). The second kappa shape index (κ2) is 6.02. The molecule has 0 saturated carbocycles. The van der Waals surface area contributed by atoms with Gasteiger partial charge in [0, 0.05) is 18.8 Å². The number of hydrogen-bond acceptors (Lipinski definition) is 4. The minimum absolute atomic E-state index is 0.358. The van der Waals surface area contributed by atoms with Crippen molar-refractivity contribution in [2.75, 3.05) is 31.6 Å². The number of nitrogens with zero attached hydrogens (tertiary/aromatic N) is 2. The fourth-order valence-electron chi connectivity index (χ4n) is 3.60. The first-order chi connectivity index (χ1) is 10.2. The van der Waals surface area contributed by atoms with Crippen LogP contribution in [0, 0.1) is 5.92 Å². The molecular weight excluding hydrogens is 264 g/mol. The van der Waals surface area contributed by atoms with Crippen LogP contribution < -0.4 is 16.0 Å². The van der Waals surface area contributed by atoms with E-state index in [0.717, 1.165) is 56.8 Å². The Morgan fingerprint density at radius 2 is 2.33 bits per heavy atom. The van der Waals surface area contributed by atoms with Crippen molar-refractivity contribution in [1.29, 1.82) is 0 Å². The van der Waals surface area contributed by atoms with E-state index >= 15 is 0 Å². The minimum atomic E-state index is -0.358. The van der Waals surface area contributed by atoms with Gasteiger partial charge in [0.1, 0.15) is 5.82 Å². The number of nitrogens with two attached hydrogens (primary N) is 1. The van der Waals surface area contributed by atoms with E-state index in [0.29, 0.717) is 11.5 Å². The van der Waals surface area contributed by atoms with Crippen molar-refractivity contribution in [3.05, 3.63) is 22.9 Å². The molecule has 1 aliphatic carbocycles. The molecule has 114 valence electrons. The normalized spacial score (nSPS) is 21.4. The van der Waals surface area contributed by atoms with Gasteiger partial charge in [0.15, 0.2) is 0 Å². The standard InChI is InChI=1S/C16H24N4O/c1-18-9-11-4-3-7-20(10-11)16-13(15(17)21)8-12-5-2-6-14(12)19-16/h8,11,18H,2-7,9-10H2,1H3,(H2,17,21). The monoisotopic (exact) mass is 288 g/mol. The highest BCUT2D eigenvalue weighted by Gasteiger charge is 2.26. The number of amides is 1. The van der Waals surface area contributed by atoms with Crippen molar-refractivity contribution < 1.29 is 4.79 Å². The van der Waals surface area contributed by atoms with Crippen molar-refractivity contribution in [3.8, 4) is 0 Å². The summed E-state index contributed by atoms with van der Waals surface area (Å²) in [4.78, 5) is 18.9. The van der Waals surface area contributed by atoms with E-state index in [9.17, 15) is 4.79 Å².